The molecule has 21 heterocycles. The van der Waals surface area contributed by atoms with Crippen LogP contribution in [0.2, 0.25) is 0 Å². The summed E-state index contributed by atoms with van der Waals surface area (Å²) in [6, 6.07) is 0. The molecule has 0 saturated carbocycles. The van der Waals surface area contributed by atoms with Crippen molar-refractivity contribution in [3.8, 4) is 0 Å². The fourth-order valence-corrected chi connectivity index (χ4v) is 12.4. The van der Waals surface area contributed by atoms with E-state index in [0.717, 1.165) is 32.1 Å². The SMILES string of the molecule is CCCCCCCC=CCC(CC(=O)O)C(=O)OC[C@H]1O[C@@H]2O[C@H]3[C@H](O)[C@@H](O)[C@@H](O[C@H]4[C@H](O)[C@@H](O)[C@@H](O[C@H]5[C@H](O)[C@@H](O)[C@H](O[C@@H]5CO)O[C@H]5C(O)[C@@H](O)[C@@H](O[C@H]6[C@H](O)[C@@H](O)[C@@H](O[C@H]7[C@H](O)C(O)[C@@H](O[C@H]1[C@H](O)[C@H]2O)O[C@@H]7CO)O[C@@H]6CO)O[C@@H]5CO)O[C@@H]4CO)O[C@@H]3CO. The van der Waals surface area contributed by atoms with E-state index in [0.29, 0.717) is 6.42 Å². The van der Waals surface area contributed by atoms with Crippen LogP contribution in [0.5, 0.6) is 0 Å². The molecule has 38 nitrogen and oxygen atoms in total. The highest BCUT2D eigenvalue weighted by molar-refractivity contribution is 5.79. The molecule has 544 valence electrons. The highest BCUT2D eigenvalue weighted by atomic mass is 16.8. The molecule has 21 aliphatic heterocycles. The van der Waals surface area contributed by atoms with Crippen LogP contribution >= 0.6 is 0 Å². The number of carboxylic acid groups (broad SMARTS) is 1. The lowest BCUT2D eigenvalue weighted by Crippen LogP contribution is -2.68. The van der Waals surface area contributed by atoms with E-state index in [4.69, 9.17) is 71.1 Å². The Balaban J connectivity index is 1.09. The van der Waals surface area contributed by atoms with E-state index in [1.165, 1.54) is 0 Å². The van der Waals surface area contributed by atoms with Crippen LogP contribution in [0.15, 0.2) is 12.2 Å². The maximum absolute atomic E-state index is 13.8. The second-order valence-corrected chi connectivity index (χ2v) is 24.3. The number of carbonyl (C=O) groups is 2. The Hall–Kier alpha value is -2.68. The van der Waals surface area contributed by atoms with Gasteiger partial charge in [-0.05, 0) is 19.3 Å². The third-order valence-corrected chi connectivity index (χ3v) is 17.8. The Morgan fingerprint density at radius 2 is 0.585 bits per heavy atom. The van der Waals surface area contributed by atoms with Crippen LogP contribution in [-0.2, 0) is 80.6 Å². The summed E-state index contributed by atoms with van der Waals surface area (Å²) in [5.74, 6) is -3.83. The second kappa shape index (κ2) is 35.1. The highest BCUT2D eigenvalue weighted by Crippen LogP contribution is 2.39. The number of esters is 1. The van der Waals surface area contributed by atoms with Gasteiger partial charge in [-0.3, -0.25) is 9.59 Å². The molecule has 3 unspecified atom stereocenters. The monoisotopic (exact) mass is 1370 g/mol. The Labute approximate surface area is 536 Å². The lowest BCUT2D eigenvalue weighted by atomic mass is 9.95. The third kappa shape index (κ3) is 17.4. The second-order valence-electron chi connectivity index (χ2n) is 24.3. The zero-order valence-corrected chi connectivity index (χ0v) is 50.9. The van der Waals surface area contributed by atoms with Crippen molar-refractivity contribution in [2.75, 3.05) is 46.2 Å². The number of aliphatic hydroxyl groups is 20. The van der Waals surface area contributed by atoms with Crippen molar-refractivity contribution in [2.45, 2.75) is 273 Å². The lowest BCUT2D eigenvalue weighted by molar-refractivity contribution is -0.396. The molecule has 14 bridgehead atoms. The summed E-state index contributed by atoms with van der Waals surface area (Å²) >= 11 is 0. The zero-order chi connectivity index (χ0) is 68.6. The fraction of sp³-hybridized carbons (Fsp3) is 0.929. The molecule has 21 N–H and O–H groups in total. The predicted octanol–water partition coefficient (Wildman–Crippen LogP) is -11.3. The summed E-state index contributed by atoms with van der Waals surface area (Å²) in [7, 11) is 0. The molecule has 0 spiro atoms. The number of carbonyl (C=O) groups excluding carboxylic acids is 1. The number of hydrogen-bond donors (Lipinski definition) is 21. The van der Waals surface area contributed by atoms with Gasteiger partial charge in [0.15, 0.2) is 44.0 Å². The third-order valence-electron chi connectivity index (χ3n) is 17.8. The van der Waals surface area contributed by atoms with Gasteiger partial charge in [-0.15, -0.1) is 0 Å². The Kier molecular flexibility index (Phi) is 28.8. The van der Waals surface area contributed by atoms with Crippen LogP contribution in [0.3, 0.4) is 0 Å². The molecule has 21 fully saturated rings. The molecule has 0 aromatic rings. The largest absolute Gasteiger partial charge is 0.481 e. The standard InChI is InChI=1S/C56H92O38/c1-2-3-4-5-6-7-8-9-10-19(11-27(63)64)49(79)80-18-26-48-34(71)41(78)56(87-26)93-47-25(17-62)85-54(39(76)32(47)69)91-45-23(15-60)83-52(37(74)30(45)67)89-43-21(13-58)81-50(35(72)28(43)65)88-42-20(12-57)82-51(36(73)29(42)66)90-44-22(14-59)84-53(38(75)31(44)68)92-46-24(16-61)86-55(94-48)40(77)33(46)70/h8-9,19-26,28-48,50-62,65-78H,2-7,10-18H2,1H3,(H,63,64)/t19?,20-,21-,22-,23-,24-,25-,26-,28-,29?,30-,31-,32-,33-,34-,35-,36-,37-,38-,39-,40?,41-,42-,43-,44-,45-,46-,47-,48-,50-,51-,52-,53-,54-,55-,56-/m1/s1. The molecule has 21 saturated heterocycles. The minimum atomic E-state index is -2.35. The van der Waals surface area contributed by atoms with Crippen LogP contribution < -0.4 is 0 Å². The number of aliphatic carboxylic acids is 1. The van der Waals surface area contributed by atoms with Gasteiger partial charge in [0.1, 0.15) is 178 Å². The van der Waals surface area contributed by atoms with E-state index in [-0.39, 0.29) is 6.42 Å². The van der Waals surface area contributed by atoms with Gasteiger partial charge in [0.25, 0.3) is 0 Å². The number of ether oxygens (including phenoxy) is 15. The van der Waals surface area contributed by atoms with Crippen molar-refractivity contribution in [1.29, 1.82) is 0 Å². The van der Waals surface area contributed by atoms with Gasteiger partial charge in [0.2, 0.25) is 0 Å². The van der Waals surface area contributed by atoms with Gasteiger partial charge in [-0.25, -0.2) is 0 Å². The molecule has 0 aromatic carbocycles. The summed E-state index contributed by atoms with van der Waals surface area (Å²) in [4.78, 5) is 25.8. The van der Waals surface area contributed by atoms with E-state index in [9.17, 15) is 117 Å². The van der Waals surface area contributed by atoms with E-state index >= 15 is 0 Å². The lowest BCUT2D eigenvalue weighted by Gasteiger charge is -2.50. The fourth-order valence-electron chi connectivity index (χ4n) is 12.4. The smallest absolute Gasteiger partial charge is 0.309 e. The van der Waals surface area contributed by atoms with Crippen LogP contribution in [0, 0.1) is 5.92 Å². The van der Waals surface area contributed by atoms with Crippen molar-refractivity contribution < 1.29 is 188 Å². The summed E-state index contributed by atoms with van der Waals surface area (Å²) in [6.45, 7) is -5.50. The van der Waals surface area contributed by atoms with Crippen molar-refractivity contribution in [1.82, 2.24) is 0 Å². The Morgan fingerprint density at radius 1 is 0.340 bits per heavy atom. The number of aliphatic hydroxyl groups excluding tert-OH is 20. The average Bonchev–Trinajstić information content (AvgIpc) is 0.782. The highest BCUT2D eigenvalue weighted by Gasteiger charge is 2.60. The summed E-state index contributed by atoms with van der Waals surface area (Å²) in [6.07, 6.45) is -65.0. The van der Waals surface area contributed by atoms with E-state index < -0.39 is 285 Å². The van der Waals surface area contributed by atoms with Crippen molar-refractivity contribution >= 4 is 11.9 Å². The van der Waals surface area contributed by atoms with E-state index in [1.807, 2.05) is 0 Å². The normalized spacial score (nSPS) is 47.8. The molecule has 38 heteroatoms. The molecule has 0 aliphatic carbocycles. The van der Waals surface area contributed by atoms with E-state index in [1.54, 1.807) is 12.2 Å². The molecular weight excluding hydrogens is 1280 g/mol. The first-order chi connectivity index (χ1) is 44.9. The van der Waals surface area contributed by atoms with Gasteiger partial charge in [0.05, 0.1) is 52.0 Å². The first-order valence-electron chi connectivity index (χ1n) is 31.2. The Bertz CT molecular complexity index is 2320. The topological polar surface area (TPSA) is 597 Å². The molecule has 0 aromatic heterocycles. The number of hydrogen-bond acceptors (Lipinski definition) is 37. The average molecular weight is 1370 g/mol. The van der Waals surface area contributed by atoms with Gasteiger partial charge < -0.3 is 178 Å². The molecule has 94 heavy (non-hydrogen) atoms. The quantitative estimate of drug-likeness (QED) is 0.0324. The van der Waals surface area contributed by atoms with Crippen molar-refractivity contribution in [2.24, 2.45) is 5.92 Å². The minimum Gasteiger partial charge on any atom is -0.481 e. The number of carboxylic acids is 1. The first-order valence-corrected chi connectivity index (χ1v) is 31.2. The van der Waals surface area contributed by atoms with Gasteiger partial charge >= 0.3 is 11.9 Å². The summed E-state index contributed by atoms with van der Waals surface area (Å²) in [5.41, 5.74) is 0. The molecule has 0 radical (unpaired) electrons. The van der Waals surface area contributed by atoms with Crippen LogP contribution in [-0.4, -0.2) is 380 Å². The van der Waals surface area contributed by atoms with Crippen LogP contribution in [0.4, 0.5) is 0 Å². The molecule has 36 atom stereocenters. The maximum atomic E-state index is 13.8. The van der Waals surface area contributed by atoms with Gasteiger partial charge in [0, 0.05) is 0 Å². The molecule has 21 aliphatic rings. The van der Waals surface area contributed by atoms with Crippen molar-refractivity contribution in [3.63, 3.8) is 0 Å². The predicted molar refractivity (Wildman–Crippen MR) is 295 cm³/mol. The number of allylic oxidation sites excluding steroid dienone is 2. The van der Waals surface area contributed by atoms with E-state index in [2.05, 4.69) is 6.92 Å². The number of unbranched alkanes of at least 4 members (excludes halogenated alkanes) is 5. The summed E-state index contributed by atoms with van der Waals surface area (Å²) in [5, 5.41) is 234. The Morgan fingerprint density at radius 3 is 0.830 bits per heavy atom. The van der Waals surface area contributed by atoms with Gasteiger partial charge in [-0.1, -0.05) is 44.8 Å². The molecule has 0 amide bonds. The van der Waals surface area contributed by atoms with Crippen molar-refractivity contribution in [3.05, 3.63) is 12.2 Å². The summed E-state index contributed by atoms with van der Waals surface area (Å²) < 4.78 is 86.6. The first kappa shape index (κ1) is 77.1. The maximum Gasteiger partial charge on any atom is 0.309 e. The zero-order valence-electron chi connectivity index (χ0n) is 50.9. The number of rotatable bonds is 19. The van der Waals surface area contributed by atoms with Gasteiger partial charge in [-0.2, -0.15) is 0 Å². The van der Waals surface area contributed by atoms with Crippen LogP contribution in [0.1, 0.15) is 58.3 Å². The minimum absolute atomic E-state index is 0.120. The molecular formula is C56H92O38. The molecule has 21 rings (SSSR count). The van der Waals surface area contributed by atoms with Crippen LogP contribution in [0.25, 0.3) is 0 Å².